The Morgan fingerprint density at radius 3 is 2.80 bits per heavy atom. The fraction of sp³-hybridized carbons (Fsp3) is 0.421. The van der Waals surface area contributed by atoms with Crippen molar-refractivity contribution in [1.82, 2.24) is 19.7 Å². The average Bonchev–Trinajstić information content (AvgIpc) is 3.20. The van der Waals surface area contributed by atoms with Gasteiger partial charge in [0.05, 0.1) is 11.4 Å². The molecule has 2 fully saturated rings. The summed E-state index contributed by atoms with van der Waals surface area (Å²) in [5.74, 6) is 5.45. The van der Waals surface area contributed by atoms with Crippen molar-refractivity contribution in [2.45, 2.75) is 31.7 Å². The molecule has 5 nitrogen and oxygen atoms in total. The van der Waals surface area contributed by atoms with Crippen molar-refractivity contribution in [2.75, 3.05) is 13.1 Å². The molecule has 1 aliphatic carbocycles. The standard InChI is InChI=1S/C19H19FN4O/c1-13(20)19(25)23-11-15(12-23)24-18-16(7-4-10-21-18)17(22-24)9-8-14-5-2-3-6-14/h4,7,10,14-15H,1-3,5-6,11-12H2. The van der Waals surface area contributed by atoms with Gasteiger partial charge in [0.15, 0.2) is 11.5 Å². The number of amides is 1. The second-order valence-electron chi connectivity index (χ2n) is 6.69. The van der Waals surface area contributed by atoms with Gasteiger partial charge < -0.3 is 4.90 Å². The summed E-state index contributed by atoms with van der Waals surface area (Å²) < 4.78 is 14.8. The van der Waals surface area contributed by atoms with E-state index in [9.17, 15) is 9.18 Å². The van der Waals surface area contributed by atoms with E-state index >= 15 is 0 Å². The molecule has 0 unspecified atom stereocenters. The van der Waals surface area contributed by atoms with Crippen LogP contribution < -0.4 is 0 Å². The highest BCUT2D eigenvalue weighted by Crippen LogP contribution is 2.28. The molecule has 1 saturated carbocycles. The molecule has 6 heteroatoms. The van der Waals surface area contributed by atoms with Crippen molar-refractivity contribution in [1.29, 1.82) is 0 Å². The fourth-order valence-electron chi connectivity index (χ4n) is 3.51. The first-order valence-corrected chi connectivity index (χ1v) is 8.62. The monoisotopic (exact) mass is 338 g/mol. The predicted molar refractivity (Wildman–Crippen MR) is 92.2 cm³/mol. The van der Waals surface area contributed by atoms with Crippen molar-refractivity contribution >= 4 is 16.9 Å². The third kappa shape index (κ3) is 2.91. The van der Waals surface area contributed by atoms with Gasteiger partial charge in [0.25, 0.3) is 5.91 Å². The average molecular weight is 338 g/mol. The first-order chi connectivity index (χ1) is 12.1. The third-order valence-electron chi connectivity index (χ3n) is 4.94. The van der Waals surface area contributed by atoms with Gasteiger partial charge in [-0.25, -0.2) is 14.1 Å². The van der Waals surface area contributed by atoms with E-state index in [0.29, 0.717) is 19.0 Å². The Hall–Kier alpha value is -2.68. The van der Waals surface area contributed by atoms with Gasteiger partial charge in [-0.3, -0.25) is 4.79 Å². The summed E-state index contributed by atoms with van der Waals surface area (Å²) in [5.41, 5.74) is 1.49. The van der Waals surface area contributed by atoms with Crippen LogP contribution in [0.1, 0.15) is 37.4 Å². The number of pyridine rings is 1. The van der Waals surface area contributed by atoms with Gasteiger partial charge >= 0.3 is 0 Å². The predicted octanol–water partition coefficient (Wildman–Crippen LogP) is 2.84. The van der Waals surface area contributed by atoms with Gasteiger partial charge in [-0.2, -0.15) is 5.10 Å². The Labute approximate surface area is 145 Å². The van der Waals surface area contributed by atoms with E-state index in [4.69, 9.17) is 0 Å². The summed E-state index contributed by atoms with van der Waals surface area (Å²) in [6.07, 6.45) is 6.55. The lowest BCUT2D eigenvalue weighted by atomic mass is 10.1. The first-order valence-electron chi connectivity index (χ1n) is 8.62. The maximum absolute atomic E-state index is 13.0. The molecule has 4 rings (SSSR count). The van der Waals surface area contributed by atoms with Gasteiger partial charge in [0.2, 0.25) is 0 Å². The molecule has 2 aromatic heterocycles. The smallest absolute Gasteiger partial charge is 0.282 e. The van der Waals surface area contributed by atoms with Gasteiger partial charge in [-0.1, -0.05) is 25.3 Å². The van der Waals surface area contributed by atoms with Gasteiger partial charge in [-0.15, -0.1) is 0 Å². The van der Waals surface area contributed by atoms with Crippen LogP contribution in [0.2, 0.25) is 0 Å². The van der Waals surface area contributed by atoms with Gasteiger partial charge in [0.1, 0.15) is 5.69 Å². The van der Waals surface area contributed by atoms with E-state index in [1.165, 1.54) is 17.7 Å². The lowest BCUT2D eigenvalue weighted by Crippen LogP contribution is -2.51. The molecule has 128 valence electrons. The molecule has 0 bridgehead atoms. The molecule has 1 amide bonds. The normalized spacial score (nSPS) is 18.0. The second kappa shape index (κ2) is 6.32. The quantitative estimate of drug-likeness (QED) is 0.625. The summed E-state index contributed by atoms with van der Waals surface area (Å²) in [4.78, 5) is 17.5. The van der Waals surface area contributed by atoms with E-state index in [-0.39, 0.29) is 6.04 Å². The fourth-order valence-corrected chi connectivity index (χ4v) is 3.51. The highest BCUT2D eigenvalue weighted by atomic mass is 19.1. The van der Waals surface area contributed by atoms with Crippen LogP contribution in [-0.2, 0) is 4.79 Å². The van der Waals surface area contributed by atoms with Crippen LogP contribution in [0, 0.1) is 17.8 Å². The maximum Gasteiger partial charge on any atom is 0.282 e. The van der Waals surface area contributed by atoms with Gasteiger partial charge in [-0.05, 0) is 30.9 Å². The van der Waals surface area contributed by atoms with Crippen LogP contribution >= 0.6 is 0 Å². The molecule has 2 aliphatic rings. The largest absolute Gasteiger partial charge is 0.332 e. The molecule has 0 spiro atoms. The lowest BCUT2D eigenvalue weighted by molar-refractivity contribution is -0.134. The van der Waals surface area contributed by atoms with E-state index in [0.717, 1.165) is 29.6 Å². The number of carbonyl (C=O) groups excluding carboxylic acids is 1. The summed E-state index contributed by atoms with van der Waals surface area (Å²) in [7, 11) is 0. The number of likely N-dealkylation sites (tertiary alicyclic amines) is 1. The molecule has 0 radical (unpaired) electrons. The van der Waals surface area contributed by atoms with E-state index in [1.54, 1.807) is 6.20 Å². The highest BCUT2D eigenvalue weighted by molar-refractivity contribution is 5.91. The van der Waals surface area contributed by atoms with E-state index < -0.39 is 11.7 Å². The number of fused-ring (bicyclic) bond motifs is 1. The Bertz CT molecular complexity index is 895. The minimum absolute atomic E-state index is 0.0114. The topological polar surface area (TPSA) is 51.0 Å². The SMILES string of the molecule is C=C(F)C(=O)N1CC(n2nc(C#CC3CCCC3)c3cccnc32)C1. The summed E-state index contributed by atoms with van der Waals surface area (Å²) in [6.45, 7) is 3.88. The number of rotatable bonds is 2. The zero-order chi connectivity index (χ0) is 17.4. The molecule has 3 heterocycles. The first kappa shape index (κ1) is 15.8. The van der Waals surface area contributed by atoms with Crippen LogP contribution in [0.25, 0.3) is 11.0 Å². The number of halogens is 1. The van der Waals surface area contributed by atoms with Crippen LogP contribution in [0.5, 0.6) is 0 Å². The minimum Gasteiger partial charge on any atom is -0.332 e. The molecule has 25 heavy (non-hydrogen) atoms. The number of hydrogen-bond acceptors (Lipinski definition) is 3. The van der Waals surface area contributed by atoms with Crippen molar-refractivity contribution in [3.63, 3.8) is 0 Å². The maximum atomic E-state index is 13.0. The summed E-state index contributed by atoms with van der Waals surface area (Å²) in [6, 6.07) is 3.83. The van der Waals surface area contributed by atoms with Crippen molar-refractivity contribution in [3.8, 4) is 11.8 Å². The van der Waals surface area contributed by atoms with Crippen LogP contribution in [0.4, 0.5) is 4.39 Å². The molecule has 2 aromatic rings. The van der Waals surface area contributed by atoms with Crippen molar-refractivity contribution in [2.24, 2.45) is 5.92 Å². The minimum atomic E-state index is -0.926. The Kier molecular flexibility index (Phi) is 4.00. The molecule has 0 N–H and O–H groups in total. The summed E-state index contributed by atoms with van der Waals surface area (Å²) >= 11 is 0. The van der Waals surface area contributed by atoms with Crippen LogP contribution in [0.15, 0.2) is 30.7 Å². The number of aromatic nitrogens is 3. The molecule has 1 aliphatic heterocycles. The molecule has 0 aromatic carbocycles. The Morgan fingerprint density at radius 2 is 2.08 bits per heavy atom. The van der Waals surface area contributed by atoms with Crippen LogP contribution in [0.3, 0.4) is 0 Å². The lowest BCUT2D eigenvalue weighted by Gasteiger charge is -2.38. The zero-order valence-corrected chi connectivity index (χ0v) is 13.9. The molecule has 1 saturated heterocycles. The van der Waals surface area contributed by atoms with Gasteiger partial charge in [0, 0.05) is 25.2 Å². The van der Waals surface area contributed by atoms with Crippen molar-refractivity contribution < 1.29 is 9.18 Å². The number of hydrogen-bond donors (Lipinski definition) is 0. The molecular weight excluding hydrogens is 319 g/mol. The van der Waals surface area contributed by atoms with Crippen molar-refractivity contribution in [3.05, 3.63) is 36.4 Å². The highest BCUT2D eigenvalue weighted by Gasteiger charge is 2.35. The Morgan fingerprint density at radius 1 is 1.32 bits per heavy atom. The number of carbonyl (C=O) groups is 1. The van der Waals surface area contributed by atoms with E-state index in [1.807, 2.05) is 16.8 Å². The molecular formula is C19H19FN4O. The van der Waals surface area contributed by atoms with E-state index in [2.05, 4.69) is 28.5 Å². The molecule has 0 atom stereocenters. The summed E-state index contributed by atoms with van der Waals surface area (Å²) in [5, 5.41) is 5.56. The zero-order valence-electron chi connectivity index (χ0n) is 13.9. The number of nitrogens with zero attached hydrogens (tertiary/aromatic N) is 4. The van der Waals surface area contributed by atoms with Crippen LogP contribution in [-0.4, -0.2) is 38.7 Å². The second-order valence-corrected chi connectivity index (χ2v) is 6.69. The Balaban J connectivity index is 1.60. The third-order valence-corrected chi connectivity index (χ3v) is 4.94.